The molecule has 0 bridgehead atoms. The van der Waals surface area contributed by atoms with Gasteiger partial charge in [0.25, 0.3) is 0 Å². The highest BCUT2D eigenvalue weighted by molar-refractivity contribution is 5.97. The first kappa shape index (κ1) is 13.2. The van der Waals surface area contributed by atoms with Gasteiger partial charge in [-0.2, -0.15) is 0 Å². The van der Waals surface area contributed by atoms with E-state index in [1.807, 2.05) is 38.2 Å². The lowest BCUT2D eigenvalue weighted by Crippen LogP contribution is -2.39. The molecular weight excluding hydrogens is 226 g/mol. The van der Waals surface area contributed by atoms with Gasteiger partial charge in [0.1, 0.15) is 0 Å². The predicted octanol–water partition coefficient (Wildman–Crippen LogP) is 2.29. The molecule has 0 spiro atoms. The monoisotopic (exact) mass is 247 g/mol. The van der Waals surface area contributed by atoms with Crippen molar-refractivity contribution in [3.05, 3.63) is 35.4 Å². The van der Waals surface area contributed by atoms with Gasteiger partial charge >= 0.3 is 0 Å². The zero-order valence-corrected chi connectivity index (χ0v) is 11.3. The molecule has 0 saturated carbocycles. The van der Waals surface area contributed by atoms with Crippen LogP contribution in [0.1, 0.15) is 29.3 Å². The molecular formula is C15H21NO2. The van der Waals surface area contributed by atoms with Crippen LogP contribution in [0.4, 0.5) is 0 Å². The summed E-state index contributed by atoms with van der Waals surface area (Å²) in [5.74, 6) is 0.177. The van der Waals surface area contributed by atoms with Gasteiger partial charge in [-0.15, -0.1) is 0 Å². The van der Waals surface area contributed by atoms with E-state index in [9.17, 15) is 4.79 Å². The van der Waals surface area contributed by atoms with Gasteiger partial charge in [0, 0.05) is 18.2 Å². The minimum Gasteiger partial charge on any atom is -0.377 e. The molecule has 0 N–H and O–H groups in total. The second-order valence-corrected chi connectivity index (χ2v) is 5.14. The third kappa shape index (κ3) is 2.98. The van der Waals surface area contributed by atoms with Crippen molar-refractivity contribution in [1.82, 2.24) is 4.90 Å². The van der Waals surface area contributed by atoms with Gasteiger partial charge in [0.2, 0.25) is 0 Å². The summed E-state index contributed by atoms with van der Waals surface area (Å²) >= 11 is 0. The lowest BCUT2D eigenvalue weighted by atomic mass is 10.1. The molecule has 1 heterocycles. The summed E-state index contributed by atoms with van der Waals surface area (Å²) < 4.78 is 5.54. The van der Waals surface area contributed by atoms with Gasteiger partial charge in [-0.3, -0.25) is 9.69 Å². The number of rotatable bonds is 4. The Morgan fingerprint density at radius 3 is 2.61 bits per heavy atom. The Balaban J connectivity index is 1.96. The number of likely N-dealkylation sites (N-methyl/N-ethyl adjacent to an activating group) is 1. The summed E-state index contributed by atoms with van der Waals surface area (Å²) in [7, 11) is 2.00. The topological polar surface area (TPSA) is 29.5 Å². The first-order valence-electron chi connectivity index (χ1n) is 6.49. The molecule has 0 aromatic heterocycles. The molecule has 3 heteroatoms. The maximum absolute atomic E-state index is 12.1. The van der Waals surface area contributed by atoms with Crippen molar-refractivity contribution in [3.63, 3.8) is 0 Å². The average Bonchev–Trinajstić information content (AvgIpc) is 2.76. The number of hydrogen-bond acceptors (Lipinski definition) is 3. The number of hydrogen-bond donors (Lipinski definition) is 0. The smallest absolute Gasteiger partial charge is 0.176 e. The summed E-state index contributed by atoms with van der Waals surface area (Å²) in [6.45, 7) is 5.36. The van der Waals surface area contributed by atoms with Crippen molar-refractivity contribution in [1.29, 1.82) is 0 Å². The fourth-order valence-electron chi connectivity index (χ4n) is 2.47. The minimum absolute atomic E-state index is 0.177. The van der Waals surface area contributed by atoms with Crippen LogP contribution in [0.25, 0.3) is 0 Å². The van der Waals surface area contributed by atoms with E-state index in [0.29, 0.717) is 12.6 Å². The summed E-state index contributed by atoms with van der Waals surface area (Å²) in [5, 5.41) is 0. The van der Waals surface area contributed by atoms with E-state index in [1.165, 1.54) is 5.56 Å². The summed E-state index contributed by atoms with van der Waals surface area (Å²) in [6.07, 6.45) is 1.24. The third-order valence-corrected chi connectivity index (χ3v) is 3.67. The summed E-state index contributed by atoms with van der Waals surface area (Å²) in [5.41, 5.74) is 1.97. The molecule has 1 aliphatic heterocycles. The first-order chi connectivity index (χ1) is 8.58. The Morgan fingerprint density at radius 1 is 1.39 bits per heavy atom. The highest BCUT2D eigenvalue weighted by Gasteiger charge is 2.28. The highest BCUT2D eigenvalue weighted by atomic mass is 16.5. The van der Waals surface area contributed by atoms with E-state index in [0.717, 1.165) is 18.6 Å². The molecule has 18 heavy (non-hydrogen) atoms. The number of carbonyl (C=O) groups excluding carboxylic acids is 1. The predicted molar refractivity (Wildman–Crippen MR) is 72.0 cm³/mol. The Hall–Kier alpha value is -1.19. The van der Waals surface area contributed by atoms with Crippen LogP contribution in [-0.4, -0.2) is 43.0 Å². The molecule has 1 aliphatic rings. The number of ketones is 1. The van der Waals surface area contributed by atoms with Crippen LogP contribution in [0.2, 0.25) is 0 Å². The number of nitrogens with zero attached hydrogens (tertiary/aromatic N) is 1. The van der Waals surface area contributed by atoms with E-state index >= 15 is 0 Å². The van der Waals surface area contributed by atoms with E-state index in [1.54, 1.807) is 0 Å². The molecule has 2 atom stereocenters. The van der Waals surface area contributed by atoms with Crippen LogP contribution in [-0.2, 0) is 4.74 Å². The first-order valence-corrected chi connectivity index (χ1v) is 6.49. The number of carbonyl (C=O) groups is 1. The zero-order chi connectivity index (χ0) is 13.1. The lowest BCUT2D eigenvalue weighted by molar-refractivity contribution is 0.0746. The molecule has 0 radical (unpaired) electrons. The number of ether oxygens (including phenoxy) is 1. The standard InChI is InChI=1S/C15H21NO2/c1-11-4-6-13(7-5-11)15(17)10-16(3)14-8-9-18-12(14)2/h4-7,12,14H,8-10H2,1-3H3. The Bertz CT molecular complexity index is 413. The third-order valence-electron chi connectivity index (χ3n) is 3.67. The molecule has 0 aliphatic carbocycles. The molecule has 1 aromatic rings. The van der Waals surface area contributed by atoms with Gasteiger partial charge in [-0.1, -0.05) is 29.8 Å². The van der Waals surface area contributed by atoms with E-state index in [2.05, 4.69) is 11.8 Å². The fourth-order valence-corrected chi connectivity index (χ4v) is 2.47. The molecule has 0 amide bonds. The second-order valence-electron chi connectivity index (χ2n) is 5.14. The molecule has 1 fully saturated rings. The minimum atomic E-state index is 0.177. The van der Waals surface area contributed by atoms with Crippen molar-refractivity contribution < 1.29 is 9.53 Å². The van der Waals surface area contributed by atoms with Crippen molar-refractivity contribution in [2.45, 2.75) is 32.4 Å². The summed E-state index contributed by atoms with van der Waals surface area (Å²) in [4.78, 5) is 14.3. The normalized spacial score (nSPS) is 23.6. The van der Waals surface area contributed by atoms with Crippen LogP contribution in [0.5, 0.6) is 0 Å². The molecule has 2 rings (SSSR count). The van der Waals surface area contributed by atoms with Gasteiger partial charge in [-0.25, -0.2) is 0 Å². The van der Waals surface area contributed by atoms with E-state index in [4.69, 9.17) is 4.74 Å². The van der Waals surface area contributed by atoms with Gasteiger partial charge < -0.3 is 4.74 Å². The molecule has 1 aromatic carbocycles. The maximum atomic E-state index is 12.1. The van der Waals surface area contributed by atoms with Crippen molar-refractivity contribution in [3.8, 4) is 0 Å². The number of aryl methyl sites for hydroxylation is 1. The van der Waals surface area contributed by atoms with Crippen LogP contribution in [0.3, 0.4) is 0 Å². The van der Waals surface area contributed by atoms with Gasteiger partial charge in [0.05, 0.1) is 12.6 Å². The molecule has 3 nitrogen and oxygen atoms in total. The summed E-state index contributed by atoms with van der Waals surface area (Å²) in [6, 6.07) is 8.13. The van der Waals surface area contributed by atoms with E-state index in [-0.39, 0.29) is 11.9 Å². The quantitative estimate of drug-likeness (QED) is 0.765. The average molecular weight is 247 g/mol. The lowest BCUT2D eigenvalue weighted by Gasteiger charge is -2.25. The van der Waals surface area contributed by atoms with Gasteiger partial charge in [-0.05, 0) is 27.3 Å². The number of Topliss-reactive ketones (excluding diaryl/α,β-unsaturated/α-hetero) is 1. The van der Waals surface area contributed by atoms with Gasteiger partial charge in [0.15, 0.2) is 5.78 Å². The Morgan fingerprint density at radius 2 is 2.06 bits per heavy atom. The van der Waals surface area contributed by atoms with Crippen molar-refractivity contribution >= 4 is 5.78 Å². The molecule has 98 valence electrons. The maximum Gasteiger partial charge on any atom is 0.176 e. The van der Waals surface area contributed by atoms with Crippen molar-refractivity contribution in [2.24, 2.45) is 0 Å². The fraction of sp³-hybridized carbons (Fsp3) is 0.533. The highest BCUT2D eigenvalue weighted by Crippen LogP contribution is 2.18. The SMILES string of the molecule is Cc1ccc(C(=O)CN(C)C2CCOC2C)cc1. The molecule has 2 unspecified atom stereocenters. The largest absolute Gasteiger partial charge is 0.377 e. The van der Waals surface area contributed by atoms with Crippen LogP contribution < -0.4 is 0 Å². The zero-order valence-electron chi connectivity index (χ0n) is 11.3. The van der Waals surface area contributed by atoms with E-state index < -0.39 is 0 Å². The van der Waals surface area contributed by atoms with Crippen molar-refractivity contribution in [2.75, 3.05) is 20.2 Å². The molecule has 1 saturated heterocycles. The van der Waals surface area contributed by atoms with Crippen LogP contribution >= 0.6 is 0 Å². The Labute approximate surface area is 109 Å². The number of benzene rings is 1. The van der Waals surface area contributed by atoms with Crippen LogP contribution in [0, 0.1) is 6.92 Å². The second kappa shape index (κ2) is 5.63. The van der Waals surface area contributed by atoms with Crippen LogP contribution in [0.15, 0.2) is 24.3 Å². The Kier molecular flexibility index (Phi) is 4.15.